The van der Waals surface area contributed by atoms with Crippen molar-refractivity contribution >= 4 is 40.2 Å². The summed E-state index contributed by atoms with van der Waals surface area (Å²) >= 11 is 7.26. The Hall–Kier alpha value is -1.59. The van der Waals surface area contributed by atoms with E-state index in [0.717, 1.165) is 21.8 Å². The predicted octanol–water partition coefficient (Wildman–Crippen LogP) is 4.07. The van der Waals surface area contributed by atoms with Crippen LogP contribution in [0.3, 0.4) is 0 Å². The van der Waals surface area contributed by atoms with Crippen LogP contribution in [0, 0.1) is 6.92 Å². The van der Waals surface area contributed by atoms with E-state index in [-0.39, 0.29) is 5.91 Å². The minimum absolute atomic E-state index is 0.00837. The lowest BCUT2D eigenvalue weighted by molar-refractivity contribution is -0.115. The molecule has 1 heterocycles. The SMILES string of the molecule is CCC(=O)Nc1ccc(C)c(NCc2cnc(Cl)s2)c1. The van der Waals surface area contributed by atoms with Crippen molar-refractivity contribution in [2.45, 2.75) is 26.8 Å². The molecule has 0 saturated carbocycles. The lowest BCUT2D eigenvalue weighted by Crippen LogP contribution is -2.10. The summed E-state index contributed by atoms with van der Waals surface area (Å²) in [5.41, 5.74) is 2.91. The van der Waals surface area contributed by atoms with Crippen LogP contribution in [0.5, 0.6) is 0 Å². The fraction of sp³-hybridized carbons (Fsp3) is 0.286. The van der Waals surface area contributed by atoms with Crippen LogP contribution in [0.15, 0.2) is 24.4 Å². The molecule has 2 N–H and O–H groups in total. The first-order valence-corrected chi connectivity index (χ1v) is 7.52. The number of hydrogen-bond acceptors (Lipinski definition) is 4. The number of nitrogens with zero attached hydrogens (tertiary/aromatic N) is 1. The molecule has 0 aliphatic carbocycles. The second-order valence-corrected chi connectivity index (χ2v) is 6.06. The summed E-state index contributed by atoms with van der Waals surface area (Å²) in [4.78, 5) is 16.5. The predicted molar refractivity (Wildman–Crippen MR) is 84.6 cm³/mol. The molecule has 0 aliphatic rings. The van der Waals surface area contributed by atoms with E-state index in [9.17, 15) is 4.79 Å². The molecule has 0 aliphatic heterocycles. The number of rotatable bonds is 5. The highest BCUT2D eigenvalue weighted by molar-refractivity contribution is 7.15. The first-order chi connectivity index (χ1) is 9.58. The maximum Gasteiger partial charge on any atom is 0.224 e. The summed E-state index contributed by atoms with van der Waals surface area (Å²) < 4.78 is 0.544. The molecule has 4 nitrogen and oxygen atoms in total. The van der Waals surface area contributed by atoms with E-state index >= 15 is 0 Å². The zero-order chi connectivity index (χ0) is 14.5. The average Bonchev–Trinajstić information content (AvgIpc) is 2.85. The molecule has 20 heavy (non-hydrogen) atoms. The summed E-state index contributed by atoms with van der Waals surface area (Å²) in [6.07, 6.45) is 2.23. The molecule has 6 heteroatoms. The third-order valence-corrected chi connectivity index (χ3v) is 3.94. The van der Waals surface area contributed by atoms with Gasteiger partial charge in [0, 0.05) is 28.9 Å². The lowest BCUT2D eigenvalue weighted by atomic mass is 10.1. The first kappa shape index (κ1) is 14.8. The summed E-state index contributed by atoms with van der Waals surface area (Å²) in [5, 5.41) is 6.19. The second kappa shape index (κ2) is 6.72. The Morgan fingerprint density at radius 2 is 2.25 bits per heavy atom. The smallest absolute Gasteiger partial charge is 0.224 e. The Morgan fingerprint density at radius 1 is 1.45 bits per heavy atom. The van der Waals surface area contributed by atoms with Crippen LogP contribution in [0.25, 0.3) is 0 Å². The minimum Gasteiger partial charge on any atom is -0.380 e. The van der Waals surface area contributed by atoms with Gasteiger partial charge in [-0.05, 0) is 24.6 Å². The molecule has 106 valence electrons. The van der Waals surface area contributed by atoms with Crippen molar-refractivity contribution in [3.63, 3.8) is 0 Å². The fourth-order valence-corrected chi connectivity index (χ4v) is 2.60. The van der Waals surface area contributed by atoms with Crippen LogP contribution in [0.4, 0.5) is 11.4 Å². The largest absolute Gasteiger partial charge is 0.380 e. The van der Waals surface area contributed by atoms with Gasteiger partial charge in [-0.1, -0.05) is 24.6 Å². The number of carbonyl (C=O) groups excluding carboxylic acids is 1. The summed E-state index contributed by atoms with van der Waals surface area (Å²) in [5.74, 6) is 0.00837. The number of thiazole rings is 1. The van der Waals surface area contributed by atoms with E-state index in [1.54, 1.807) is 6.20 Å². The van der Waals surface area contributed by atoms with Crippen molar-refractivity contribution in [2.24, 2.45) is 0 Å². The maximum atomic E-state index is 11.4. The molecule has 1 aromatic heterocycles. The van der Waals surface area contributed by atoms with Gasteiger partial charge in [-0.2, -0.15) is 0 Å². The summed E-state index contributed by atoms with van der Waals surface area (Å²) in [7, 11) is 0. The molecule has 0 saturated heterocycles. The van der Waals surface area contributed by atoms with Crippen molar-refractivity contribution in [2.75, 3.05) is 10.6 Å². The normalized spacial score (nSPS) is 10.3. The highest BCUT2D eigenvalue weighted by atomic mass is 35.5. The van der Waals surface area contributed by atoms with Crippen LogP contribution in [0.1, 0.15) is 23.8 Å². The van der Waals surface area contributed by atoms with E-state index in [2.05, 4.69) is 15.6 Å². The van der Waals surface area contributed by atoms with E-state index in [1.807, 2.05) is 32.0 Å². The van der Waals surface area contributed by atoms with Crippen molar-refractivity contribution in [1.82, 2.24) is 4.98 Å². The monoisotopic (exact) mass is 309 g/mol. The van der Waals surface area contributed by atoms with E-state index in [4.69, 9.17) is 11.6 Å². The molecule has 0 spiro atoms. The number of aromatic nitrogens is 1. The standard InChI is InChI=1S/C14H16ClN3OS/c1-3-13(19)18-10-5-4-9(2)12(6-10)16-7-11-8-17-14(15)20-11/h4-6,8,16H,3,7H2,1-2H3,(H,18,19). The molecule has 0 atom stereocenters. The molecule has 0 unspecified atom stereocenters. The summed E-state index contributed by atoms with van der Waals surface area (Å²) in [6, 6.07) is 5.82. The van der Waals surface area contributed by atoms with Gasteiger partial charge in [0.1, 0.15) is 0 Å². The zero-order valence-corrected chi connectivity index (χ0v) is 12.9. The molecular formula is C14H16ClN3OS. The topological polar surface area (TPSA) is 54.0 Å². The molecular weight excluding hydrogens is 294 g/mol. The Balaban J connectivity index is 2.06. The van der Waals surface area contributed by atoms with Crippen LogP contribution in [0.2, 0.25) is 4.47 Å². The number of carbonyl (C=O) groups is 1. The number of nitrogens with one attached hydrogen (secondary N) is 2. The fourth-order valence-electron chi connectivity index (χ4n) is 1.69. The zero-order valence-electron chi connectivity index (χ0n) is 11.4. The van der Waals surface area contributed by atoms with Gasteiger partial charge in [0.25, 0.3) is 0 Å². The Kier molecular flexibility index (Phi) is 4.98. The van der Waals surface area contributed by atoms with Crippen LogP contribution in [-0.2, 0) is 11.3 Å². The van der Waals surface area contributed by atoms with Crippen molar-refractivity contribution in [3.05, 3.63) is 39.3 Å². The van der Waals surface area contributed by atoms with Gasteiger partial charge in [0.2, 0.25) is 5.91 Å². The van der Waals surface area contributed by atoms with Gasteiger partial charge < -0.3 is 10.6 Å². The van der Waals surface area contributed by atoms with Crippen molar-refractivity contribution in [1.29, 1.82) is 0 Å². The molecule has 1 aromatic carbocycles. The first-order valence-electron chi connectivity index (χ1n) is 6.33. The Labute approximate surface area is 127 Å². The summed E-state index contributed by atoms with van der Waals surface area (Å²) in [6.45, 7) is 4.51. The van der Waals surface area contributed by atoms with Gasteiger partial charge in [-0.15, -0.1) is 11.3 Å². The quantitative estimate of drug-likeness (QED) is 0.875. The second-order valence-electron chi connectivity index (χ2n) is 4.36. The molecule has 1 amide bonds. The molecule has 2 aromatic rings. The molecule has 0 bridgehead atoms. The van der Waals surface area contributed by atoms with E-state index in [1.165, 1.54) is 11.3 Å². The number of amides is 1. The van der Waals surface area contributed by atoms with Crippen molar-refractivity contribution in [3.8, 4) is 0 Å². The number of hydrogen-bond donors (Lipinski definition) is 2. The van der Waals surface area contributed by atoms with Gasteiger partial charge in [0.15, 0.2) is 4.47 Å². The van der Waals surface area contributed by atoms with Crippen LogP contribution in [-0.4, -0.2) is 10.9 Å². The maximum absolute atomic E-state index is 11.4. The minimum atomic E-state index is 0.00837. The lowest BCUT2D eigenvalue weighted by Gasteiger charge is -2.11. The average molecular weight is 310 g/mol. The van der Waals surface area contributed by atoms with Gasteiger partial charge in [-0.25, -0.2) is 4.98 Å². The number of aryl methyl sites for hydroxylation is 1. The van der Waals surface area contributed by atoms with E-state index in [0.29, 0.717) is 17.4 Å². The molecule has 0 fully saturated rings. The Bertz CT molecular complexity index is 612. The van der Waals surface area contributed by atoms with Gasteiger partial charge >= 0.3 is 0 Å². The highest BCUT2D eigenvalue weighted by Gasteiger charge is 2.04. The Morgan fingerprint density at radius 3 is 2.90 bits per heavy atom. The molecule has 2 rings (SSSR count). The van der Waals surface area contributed by atoms with Crippen molar-refractivity contribution < 1.29 is 4.79 Å². The third-order valence-electron chi connectivity index (χ3n) is 2.82. The van der Waals surface area contributed by atoms with Crippen LogP contribution >= 0.6 is 22.9 Å². The van der Waals surface area contributed by atoms with Crippen LogP contribution < -0.4 is 10.6 Å². The van der Waals surface area contributed by atoms with Gasteiger partial charge in [-0.3, -0.25) is 4.79 Å². The number of anilines is 2. The number of benzene rings is 1. The molecule has 0 radical (unpaired) electrons. The van der Waals surface area contributed by atoms with E-state index < -0.39 is 0 Å². The third kappa shape index (κ3) is 3.95. The number of halogens is 1. The highest BCUT2D eigenvalue weighted by Crippen LogP contribution is 2.23. The van der Waals surface area contributed by atoms with Gasteiger partial charge in [0.05, 0.1) is 6.54 Å².